The van der Waals surface area contributed by atoms with Crippen molar-refractivity contribution in [1.29, 1.82) is 0 Å². The van der Waals surface area contributed by atoms with Gasteiger partial charge in [0.2, 0.25) is 0 Å². The van der Waals surface area contributed by atoms with Crippen molar-refractivity contribution in [2.75, 3.05) is 6.61 Å². The van der Waals surface area contributed by atoms with Crippen molar-refractivity contribution in [3.63, 3.8) is 0 Å². The van der Waals surface area contributed by atoms with Gasteiger partial charge in [-0.05, 0) is 37.6 Å². The molecule has 0 radical (unpaired) electrons. The van der Waals surface area contributed by atoms with Gasteiger partial charge in [-0.2, -0.15) is 10.2 Å². The molecule has 0 N–H and O–H groups in total. The average molecular weight is 467 g/mol. The number of hydrazone groups is 1. The Kier molecular flexibility index (Phi) is 6.46. The van der Waals surface area contributed by atoms with Crippen LogP contribution in [0, 0.1) is 13.8 Å². The summed E-state index contributed by atoms with van der Waals surface area (Å²) in [6.45, 7) is 3.34. The second-order valence-corrected chi connectivity index (χ2v) is 8.10. The van der Waals surface area contributed by atoms with Gasteiger partial charge < -0.3 is 9.15 Å². The van der Waals surface area contributed by atoms with Gasteiger partial charge in [0.05, 0.1) is 17.7 Å². The molecular formula is C24H23ClN4O4. The molecule has 1 unspecified atom stereocenters. The van der Waals surface area contributed by atoms with Crippen LogP contribution in [-0.2, 0) is 21.4 Å². The minimum Gasteiger partial charge on any atom is -0.467 e. The van der Waals surface area contributed by atoms with E-state index in [1.54, 1.807) is 32.4 Å². The molecule has 1 aromatic carbocycles. The maximum Gasteiger partial charge on any atom is 0.331 e. The van der Waals surface area contributed by atoms with Crippen LogP contribution in [0.4, 0.5) is 0 Å². The number of benzene rings is 1. The van der Waals surface area contributed by atoms with E-state index in [0.29, 0.717) is 28.6 Å². The first-order valence-corrected chi connectivity index (χ1v) is 10.7. The van der Waals surface area contributed by atoms with Gasteiger partial charge in [-0.25, -0.2) is 9.80 Å². The SMILES string of the molecule is Cc1ccc(C2=NN(C(=O)COC(=O)/C=C/c3c(C)nn(C)c3Cl)C(c3ccco3)C2)cc1. The van der Waals surface area contributed by atoms with Crippen molar-refractivity contribution >= 4 is 35.3 Å². The fraction of sp³-hybridized carbons (Fsp3) is 0.250. The molecule has 8 nitrogen and oxygen atoms in total. The molecule has 3 aromatic rings. The van der Waals surface area contributed by atoms with E-state index in [-0.39, 0.29) is 0 Å². The third kappa shape index (κ3) is 4.90. The van der Waals surface area contributed by atoms with Gasteiger partial charge in [0.1, 0.15) is 17.0 Å². The van der Waals surface area contributed by atoms with Crippen molar-refractivity contribution in [2.45, 2.75) is 26.3 Å². The van der Waals surface area contributed by atoms with E-state index < -0.39 is 24.5 Å². The predicted octanol–water partition coefficient (Wildman–Crippen LogP) is 4.22. The van der Waals surface area contributed by atoms with Crippen molar-refractivity contribution in [1.82, 2.24) is 14.8 Å². The number of furan rings is 1. The number of nitrogens with zero attached hydrogens (tertiary/aromatic N) is 4. The number of carbonyl (C=O) groups excluding carboxylic acids is 2. The van der Waals surface area contributed by atoms with Gasteiger partial charge >= 0.3 is 5.97 Å². The fourth-order valence-electron chi connectivity index (χ4n) is 3.60. The predicted molar refractivity (Wildman–Crippen MR) is 124 cm³/mol. The summed E-state index contributed by atoms with van der Waals surface area (Å²) in [5, 5.41) is 10.4. The maximum absolute atomic E-state index is 12.9. The molecule has 1 amide bonds. The average Bonchev–Trinajstić information content (AvgIpc) is 3.52. The van der Waals surface area contributed by atoms with E-state index in [1.165, 1.54) is 21.8 Å². The molecule has 1 atom stereocenters. The van der Waals surface area contributed by atoms with E-state index in [0.717, 1.165) is 16.8 Å². The molecule has 0 fully saturated rings. The smallest absolute Gasteiger partial charge is 0.331 e. The summed E-state index contributed by atoms with van der Waals surface area (Å²) in [4.78, 5) is 25.1. The topological polar surface area (TPSA) is 89.9 Å². The summed E-state index contributed by atoms with van der Waals surface area (Å²) >= 11 is 6.16. The molecule has 1 aliphatic heterocycles. The zero-order valence-corrected chi connectivity index (χ0v) is 19.2. The van der Waals surface area contributed by atoms with Crippen LogP contribution < -0.4 is 0 Å². The highest BCUT2D eigenvalue weighted by Gasteiger charge is 2.35. The van der Waals surface area contributed by atoms with Gasteiger partial charge in [0, 0.05) is 25.1 Å². The minimum absolute atomic E-state index is 0.406. The second kappa shape index (κ2) is 9.46. The first kappa shape index (κ1) is 22.5. The molecule has 0 saturated carbocycles. The van der Waals surface area contributed by atoms with Gasteiger partial charge in [-0.1, -0.05) is 41.4 Å². The van der Waals surface area contributed by atoms with Gasteiger partial charge in [-0.15, -0.1) is 0 Å². The summed E-state index contributed by atoms with van der Waals surface area (Å²) in [7, 11) is 1.71. The van der Waals surface area contributed by atoms with Crippen LogP contribution >= 0.6 is 11.6 Å². The van der Waals surface area contributed by atoms with Gasteiger partial charge in [-0.3, -0.25) is 9.48 Å². The van der Waals surface area contributed by atoms with E-state index in [9.17, 15) is 9.59 Å². The molecule has 2 aromatic heterocycles. The number of aryl methyl sites for hydroxylation is 3. The Morgan fingerprint density at radius 3 is 2.64 bits per heavy atom. The number of ether oxygens (including phenoxy) is 1. The number of halogens is 1. The van der Waals surface area contributed by atoms with E-state index >= 15 is 0 Å². The molecule has 3 heterocycles. The number of hydrogen-bond acceptors (Lipinski definition) is 6. The van der Waals surface area contributed by atoms with Gasteiger partial charge in [0.15, 0.2) is 6.61 Å². The lowest BCUT2D eigenvalue weighted by atomic mass is 10.0. The molecular weight excluding hydrogens is 444 g/mol. The monoisotopic (exact) mass is 466 g/mol. The number of rotatable bonds is 6. The number of hydrogen-bond donors (Lipinski definition) is 0. The molecule has 0 saturated heterocycles. The lowest BCUT2D eigenvalue weighted by molar-refractivity contribution is -0.149. The molecule has 1 aliphatic rings. The number of amides is 1. The summed E-state index contributed by atoms with van der Waals surface area (Å²) in [6, 6.07) is 11.1. The molecule has 170 valence electrons. The Labute approximate surface area is 196 Å². The molecule has 4 rings (SSSR count). The van der Waals surface area contributed by atoms with E-state index in [4.69, 9.17) is 20.8 Å². The number of aromatic nitrogens is 2. The third-order valence-electron chi connectivity index (χ3n) is 5.34. The third-order valence-corrected chi connectivity index (χ3v) is 5.79. The summed E-state index contributed by atoms with van der Waals surface area (Å²) in [5.41, 5.74) is 4.12. The standard InChI is InChI=1S/C24H23ClN4O4/c1-15-6-8-17(9-7-15)19-13-20(21-5-4-12-32-21)29(27-19)22(30)14-33-23(31)11-10-18-16(2)26-28(3)24(18)25/h4-12,20H,13-14H2,1-3H3/b11-10+. The lowest BCUT2D eigenvalue weighted by Crippen LogP contribution is -2.31. The Hall–Kier alpha value is -3.65. The van der Waals surface area contributed by atoms with E-state index in [1.807, 2.05) is 31.2 Å². The normalized spacial score (nSPS) is 15.8. The van der Waals surface area contributed by atoms with Crippen LogP contribution in [0.2, 0.25) is 5.15 Å². The Morgan fingerprint density at radius 1 is 1.24 bits per heavy atom. The summed E-state index contributed by atoms with van der Waals surface area (Å²) in [5.74, 6) is -0.503. The highest BCUT2D eigenvalue weighted by atomic mass is 35.5. The molecule has 0 spiro atoms. The van der Waals surface area contributed by atoms with Crippen molar-refractivity contribution in [3.05, 3.63) is 82.0 Å². The second-order valence-electron chi connectivity index (χ2n) is 7.74. The number of carbonyl (C=O) groups is 2. The molecule has 33 heavy (non-hydrogen) atoms. The van der Waals surface area contributed by atoms with Crippen LogP contribution in [0.25, 0.3) is 6.08 Å². The largest absolute Gasteiger partial charge is 0.467 e. The maximum atomic E-state index is 12.9. The Bertz CT molecular complexity index is 1230. The van der Waals surface area contributed by atoms with Crippen LogP contribution in [0.1, 0.15) is 40.6 Å². The first-order chi connectivity index (χ1) is 15.8. The molecule has 0 aliphatic carbocycles. The first-order valence-electron chi connectivity index (χ1n) is 10.4. The van der Waals surface area contributed by atoms with Crippen LogP contribution in [0.3, 0.4) is 0 Å². The number of esters is 1. The van der Waals surface area contributed by atoms with Crippen molar-refractivity contribution < 1.29 is 18.7 Å². The lowest BCUT2D eigenvalue weighted by Gasteiger charge is -2.19. The zero-order valence-electron chi connectivity index (χ0n) is 18.5. The van der Waals surface area contributed by atoms with E-state index in [2.05, 4.69) is 10.2 Å². The van der Waals surface area contributed by atoms with Crippen LogP contribution in [0.5, 0.6) is 0 Å². The molecule has 9 heteroatoms. The van der Waals surface area contributed by atoms with Crippen LogP contribution in [0.15, 0.2) is 58.3 Å². The Balaban J connectivity index is 1.46. The fourth-order valence-corrected chi connectivity index (χ4v) is 3.84. The highest BCUT2D eigenvalue weighted by molar-refractivity contribution is 6.31. The zero-order chi connectivity index (χ0) is 23.5. The van der Waals surface area contributed by atoms with Gasteiger partial charge in [0.25, 0.3) is 5.91 Å². The minimum atomic E-state index is -0.667. The van der Waals surface area contributed by atoms with Crippen LogP contribution in [-0.4, -0.2) is 39.0 Å². The summed E-state index contributed by atoms with van der Waals surface area (Å²) in [6.07, 6.45) is 4.79. The quantitative estimate of drug-likeness (QED) is 0.401. The molecule has 0 bridgehead atoms. The summed E-state index contributed by atoms with van der Waals surface area (Å²) < 4.78 is 12.2. The van der Waals surface area contributed by atoms with Crippen molar-refractivity contribution in [3.8, 4) is 0 Å². The highest BCUT2D eigenvalue weighted by Crippen LogP contribution is 2.33. The Morgan fingerprint density at radius 2 is 2.00 bits per heavy atom. The van der Waals surface area contributed by atoms with Crippen molar-refractivity contribution in [2.24, 2.45) is 12.1 Å².